The highest BCUT2D eigenvalue weighted by atomic mass is 32.1. The minimum absolute atomic E-state index is 0.0267. The number of carbonyl (C=O) groups excluding carboxylic acids is 1. The number of nitro benzene ring substituents is 1. The zero-order chi connectivity index (χ0) is 19.7. The first kappa shape index (κ1) is 18.2. The third-order valence-corrected chi connectivity index (χ3v) is 5.76. The molecule has 2 aromatic heterocycles. The standard InChI is InChI=1S/C19H19N5O3S/c1-21-17(13-16(20-21)18-3-2-12-28-18)19(25)23-10-8-22(9-11-23)14-4-6-15(7-5-14)24(26)27/h2-7,12-13H,8-11H2,1H3. The van der Waals surface area contributed by atoms with E-state index in [1.165, 1.54) is 12.1 Å². The quantitative estimate of drug-likeness (QED) is 0.499. The number of hydrogen-bond acceptors (Lipinski definition) is 6. The Balaban J connectivity index is 1.42. The van der Waals surface area contributed by atoms with Gasteiger partial charge >= 0.3 is 0 Å². The number of benzene rings is 1. The van der Waals surface area contributed by atoms with E-state index in [0.717, 1.165) is 16.3 Å². The Kier molecular flexibility index (Phi) is 4.82. The van der Waals surface area contributed by atoms with E-state index in [9.17, 15) is 14.9 Å². The first-order valence-corrected chi connectivity index (χ1v) is 9.77. The van der Waals surface area contributed by atoms with Gasteiger partial charge in [0.25, 0.3) is 11.6 Å². The van der Waals surface area contributed by atoms with E-state index in [1.54, 1.807) is 35.2 Å². The molecule has 1 aliphatic rings. The maximum absolute atomic E-state index is 12.9. The molecule has 3 heterocycles. The van der Waals surface area contributed by atoms with Crippen LogP contribution in [-0.2, 0) is 7.05 Å². The van der Waals surface area contributed by atoms with E-state index in [0.29, 0.717) is 31.9 Å². The summed E-state index contributed by atoms with van der Waals surface area (Å²) < 4.78 is 1.64. The molecule has 1 aliphatic heterocycles. The van der Waals surface area contributed by atoms with Crippen molar-refractivity contribution in [3.63, 3.8) is 0 Å². The first-order chi connectivity index (χ1) is 13.5. The van der Waals surface area contributed by atoms with Crippen molar-refractivity contribution in [3.05, 3.63) is 63.7 Å². The number of anilines is 1. The molecule has 4 rings (SSSR count). The first-order valence-electron chi connectivity index (χ1n) is 8.89. The van der Waals surface area contributed by atoms with Gasteiger partial charge < -0.3 is 9.80 Å². The van der Waals surface area contributed by atoms with Gasteiger partial charge in [-0.15, -0.1) is 11.3 Å². The third kappa shape index (κ3) is 3.48. The maximum atomic E-state index is 12.9. The summed E-state index contributed by atoms with van der Waals surface area (Å²) >= 11 is 1.60. The summed E-state index contributed by atoms with van der Waals surface area (Å²) in [6.07, 6.45) is 0. The fourth-order valence-electron chi connectivity index (χ4n) is 3.33. The summed E-state index contributed by atoms with van der Waals surface area (Å²) in [5.41, 5.74) is 2.39. The zero-order valence-corrected chi connectivity index (χ0v) is 16.1. The van der Waals surface area contributed by atoms with E-state index in [-0.39, 0.29) is 11.6 Å². The van der Waals surface area contributed by atoms with Crippen molar-refractivity contribution in [1.29, 1.82) is 0 Å². The minimum atomic E-state index is -0.404. The maximum Gasteiger partial charge on any atom is 0.272 e. The minimum Gasteiger partial charge on any atom is -0.368 e. The highest BCUT2D eigenvalue weighted by molar-refractivity contribution is 7.13. The number of amides is 1. The topological polar surface area (TPSA) is 84.5 Å². The number of carbonyl (C=O) groups is 1. The van der Waals surface area contributed by atoms with Gasteiger partial charge in [0, 0.05) is 51.0 Å². The molecule has 1 aromatic carbocycles. The van der Waals surface area contributed by atoms with E-state index in [2.05, 4.69) is 10.00 Å². The second-order valence-corrected chi connectivity index (χ2v) is 7.52. The predicted molar refractivity (Wildman–Crippen MR) is 108 cm³/mol. The molecule has 0 bridgehead atoms. The van der Waals surface area contributed by atoms with Crippen molar-refractivity contribution < 1.29 is 9.72 Å². The van der Waals surface area contributed by atoms with Crippen molar-refractivity contribution >= 4 is 28.6 Å². The fraction of sp³-hybridized carbons (Fsp3) is 0.263. The van der Waals surface area contributed by atoms with Gasteiger partial charge in [-0.3, -0.25) is 19.6 Å². The summed E-state index contributed by atoms with van der Waals surface area (Å²) in [7, 11) is 1.79. The number of hydrogen-bond donors (Lipinski definition) is 0. The lowest BCUT2D eigenvalue weighted by Crippen LogP contribution is -2.49. The van der Waals surface area contributed by atoms with Gasteiger partial charge in [0.1, 0.15) is 11.4 Å². The average molecular weight is 397 g/mol. The van der Waals surface area contributed by atoms with E-state index >= 15 is 0 Å². The van der Waals surface area contributed by atoms with Crippen LogP contribution in [0.1, 0.15) is 10.5 Å². The number of piperazine rings is 1. The third-order valence-electron chi connectivity index (χ3n) is 4.87. The molecule has 1 amide bonds. The highest BCUT2D eigenvalue weighted by Gasteiger charge is 2.25. The second-order valence-electron chi connectivity index (χ2n) is 6.57. The molecule has 1 saturated heterocycles. The van der Waals surface area contributed by atoms with Crippen LogP contribution in [0.2, 0.25) is 0 Å². The van der Waals surface area contributed by atoms with Crippen molar-refractivity contribution in [1.82, 2.24) is 14.7 Å². The Morgan fingerprint density at radius 2 is 1.86 bits per heavy atom. The Bertz CT molecular complexity index is 989. The smallest absolute Gasteiger partial charge is 0.272 e. The van der Waals surface area contributed by atoms with E-state index in [1.807, 2.05) is 28.5 Å². The zero-order valence-electron chi connectivity index (χ0n) is 15.3. The van der Waals surface area contributed by atoms with Crippen molar-refractivity contribution in [2.75, 3.05) is 31.1 Å². The number of aromatic nitrogens is 2. The van der Waals surface area contributed by atoms with Crippen LogP contribution >= 0.6 is 11.3 Å². The molecular formula is C19H19N5O3S. The molecule has 144 valence electrons. The Morgan fingerprint density at radius 1 is 1.14 bits per heavy atom. The summed E-state index contributed by atoms with van der Waals surface area (Å²) in [5.74, 6) is -0.0267. The Morgan fingerprint density at radius 3 is 2.46 bits per heavy atom. The molecule has 9 heteroatoms. The molecule has 0 N–H and O–H groups in total. The van der Waals surface area contributed by atoms with Gasteiger partial charge in [0.15, 0.2) is 0 Å². The van der Waals surface area contributed by atoms with Crippen LogP contribution in [0, 0.1) is 10.1 Å². The van der Waals surface area contributed by atoms with Gasteiger partial charge in [-0.25, -0.2) is 0 Å². The van der Waals surface area contributed by atoms with Crippen LogP contribution < -0.4 is 4.90 Å². The Labute approximate surface area is 165 Å². The van der Waals surface area contributed by atoms with Crippen LogP contribution in [0.15, 0.2) is 47.8 Å². The van der Waals surface area contributed by atoms with E-state index < -0.39 is 4.92 Å². The van der Waals surface area contributed by atoms with Crippen molar-refractivity contribution in [2.24, 2.45) is 7.05 Å². The van der Waals surface area contributed by atoms with Gasteiger partial charge in [-0.05, 0) is 29.6 Å². The summed E-state index contributed by atoms with van der Waals surface area (Å²) in [4.78, 5) is 28.3. The molecule has 3 aromatic rings. The number of non-ortho nitro benzene ring substituents is 1. The van der Waals surface area contributed by atoms with Gasteiger partial charge in [-0.2, -0.15) is 5.10 Å². The molecule has 0 saturated carbocycles. The van der Waals surface area contributed by atoms with Crippen LogP contribution in [0.5, 0.6) is 0 Å². The molecule has 1 fully saturated rings. The summed E-state index contributed by atoms with van der Waals surface area (Å²) in [5, 5.41) is 17.2. The normalized spacial score (nSPS) is 14.3. The Hall–Kier alpha value is -3.20. The fourth-order valence-corrected chi connectivity index (χ4v) is 4.01. The van der Waals surface area contributed by atoms with Gasteiger partial charge in [0.05, 0.1) is 9.80 Å². The lowest BCUT2D eigenvalue weighted by Gasteiger charge is -2.36. The molecule has 0 spiro atoms. The molecule has 28 heavy (non-hydrogen) atoms. The number of rotatable bonds is 4. The van der Waals surface area contributed by atoms with E-state index in [4.69, 9.17) is 0 Å². The number of nitrogens with zero attached hydrogens (tertiary/aromatic N) is 5. The lowest BCUT2D eigenvalue weighted by atomic mass is 10.2. The number of aryl methyl sites for hydroxylation is 1. The number of thiophene rings is 1. The largest absolute Gasteiger partial charge is 0.368 e. The molecule has 0 atom stereocenters. The molecule has 0 unspecified atom stereocenters. The van der Waals surface area contributed by atoms with Gasteiger partial charge in [0.2, 0.25) is 0 Å². The summed E-state index contributed by atoms with van der Waals surface area (Å²) in [6.45, 7) is 2.54. The molecule has 0 radical (unpaired) electrons. The summed E-state index contributed by atoms with van der Waals surface area (Å²) in [6, 6.07) is 12.3. The van der Waals surface area contributed by atoms with Crippen molar-refractivity contribution in [2.45, 2.75) is 0 Å². The van der Waals surface area contributed by atoms with Crippen LogP contribution in [0.25, 0.3) is 10.6 Å². The SMILES string of the molecule is Cn1nc(-c2cccs2)cc1C(=O)N1CCN(c2ccc([N+](=O)[O-])cc2)CC1. The lowest BCUT2D eigenvalue weighted by molar-refractivity contribution is -0.384. The molecule has 8 nitrogen and oxygen atoms in total. The average Bonchev–Trinajstić information content (AvgIpc) is 3.37. The van der Waals surface area contributed by atoms with Gasteiger partial charge in [-0.1, -0.05) is 6.07 Å². The highest BCUT2D eigenvalue weighted by Crippen LogP contribution is 2.25. The van der Waals surface area contributed by atoms with Crippen molar-refractivity contribution in [3.8, 4) is 10.6 Å². The number of nitro groups is 1. The second kappa shape index (κ2) is 7.43. The predicted octanol–water partition coefficient (Wildman–Crippen LogP) is 3.02. The van der Waals surface area contributed by atoms with Crippen LogP contribution in [0.4, 0.5) is 11.4 Å². The van der Waals surface area contributed by atoms with Crippen LogP contribution in [0.3, 0.4) is 0 Å². The molecular weight excluding hydrogens is 378 g/mol. The molecule has 0 aliphatic carbocycles. The monoisotopic (exact) mass is 397 g/mol. The van der Waals surface area contributed by atoms with Crippen LogP contribution in [-0.4, -0.2) is 51.7 Å².